The SMILES string of the molecule is C[C@@H]1CN(Cc2ccc(F)cc2)[C@@H](C)CN1C(=O)COc1ccc(C(F)(F)F)cc1CS(=O)(=O)NC(=O)CO. The predicted molar refractivity (Wildman–Crippen MR) is 132 cm³/mol. The topological polar surface area (TPSA) is 116 Å². The maximum absolute atomic E-state index is 13.2. The van der Waals surface area contributed by atoms with E-state index >= 15 is 0 Å². The van der Waals surface area contributed by atoms with Crippen molar-refractivity contribution in [3.05, 3.63) is 65.0 Å². The molecule has 2 atom stereocenters. The Balaban J connectivity index is 1.70. The number of rotatable bonds is 9. The normalized spacial score (nSPS) is 18.6. The van der Waals surface area contributed by atoms with Crippen LogP contribution in [0.3, 0.4) is 0 Å². The van der Waals surface area contributed by atoms with Gasteiger partial charge in [0.2, 0.25) is 10.0 Å². The van der Waals surface area contributed by atoms with Crippen LogP contribution in [0.1, 0.15) is 30.5 Å². The highest BCUT2D eigenvalue weighted by molar-refractivity contribution is 7.89. The number of carbonyl (C=O) groups is 2. The highest BCUT2D eigenvalue weighted by Gasteiger charge is 2.34. The molecule has 2 aromatic rings. The third kappa shape index (κ3) is 8.38. The number of amides is 2. The summed E-state index contributed by atoms with van der Waals surface area (Å²) in [7, 11) is -4.47. The first kappa shape index (κ1) is 30.3. The number of halogens is 4. The van der Waals surface area contributed by atoms with Crippen LogP contribution in [-0.4, -0.2) is 73.5 Å². The number of hydrogen-bond acceptors (Lipinski definition) is 7. The first-order valence-electron chi connectivity index (χ1n) is 11.9. The van der Waals surface area contributed by atoms with E-state index in [0.29, 0.717) is 31.8 Å². The van der Waals surface area contributed by atoms with Crippen molar-refractivity contribution >= 4 is 21.8 Å². The molecule has 2 N–H and O–H groups in total. The number of hydrogen-bond donors (Lipinski definition) is 2. The molecule has 1 aliphatic rings. The van der Waals surface area contributed by atoms with Crippen molar-refractivity contribution in [1.82, 2.24) is 14.5 Å². The van der Waals surface area contributed by atoms with Gasteiger partial charge in [-0.25, -0.2) is 12.8 Å². The van der Waals surface area contributed by atoms with Crippen molar-refractivity contribution < 1.29 is 45.4 Å². The van der Waals surface area contributed by atoms with Gasteiger partial charge in [-0.15, -0.1) is 0 Å². The standard InChI is InChI=1S/C25H29F4N3O6S/c1-16-11-32(17(2)10-31(16)12-18-3-6-21(26)7-4-18)24(35)14-38-22-8-5-20(25(27,28)29)9-19(22)15-39(36,37)30-23(34)13-33/h3-9,16-17,33H,10-15H2,1-2H3,(H,30,34)/t16-,17+/m0/s1. The summed E-state index contributed by atoms with van der Waals surface area (Å²) < 4.78 is 84.5. The van der Waals surface area contributed by atoms with Gasteiger partial charge in [0, 0.05) is 37.3 Å². The van der Waals surface area contributed by atoms with E-state index in [9.17, 15) is 35.6 Å². The third-order valence-electron chi connectivity index (χ3n) is 6.23. The van der Waals surface area contributed by atoms with E-state index in [4.69, 9.17) is 9.84 Å². The maximum Gasteiger partial charge on any atom is 0.416 e. The maximum atomic E-state index is 13.2. The number of piperazine rings is 1. The molecule has 39 heavy (non-hydrogen) atoms. The predicted octanol–water partition coefficient (Wildman–Crippen LogP) is 2.28. The van der Waals surface area contributed by atoms with Gasteiger partial charge in [0.05, 0.1) is 11.3 Å². The Kier molecular flexibility index (Phi) is 9.56. The second-order valence-corrected chi connectivity index (χ2v) is 11.1. The van der Waals surface area contributed by atoms with Crippen molar-refractivity contribution in [2.75, 3.05) is 26.3 Å². The molecule has 2 aromatic carbocycles. The fraction of sp³-hybridized carbons (Fsp3) is 0.440. The van der Waals surface area contributed by atoms with Gasteiger partial charge in [0.15, 0.2) is 6.61 Å². The van der Waals surface area contributed by atoms with Gasteiger partial charge < -0.3 is 14.7 Å². The summed E-state index contributed by atoms with van der Waals surface area (Å²) in [5, 5.41) is 8.77. The second-order valence-electron chi connectivity index (χ2n) is 9.35. The van der Waals surface area contributed by atoms with E-state index in [1.165, 1.54) is 16.9 Å². The molecule has 3 rings (SSSR count). The zero-order valence-corrected chi connectivity index (χ0v) is 22.1. The van der Waals surface area contributed by atoms with Gasteiger partial charge in [0.25, 0.3) is 11.8 Å². The lowest BCUT2D eigenvalue weighted by Gasteiger charge is -2.44. The number of aliphatic hydroxyl groups is 1. The minimum Gasteiger partial charge on any atom is -0.483 e. The van der Waals surface area contributed by atoms with Crippen LogP contribution < -0.4 is 9.46 Å². The van der Waals surface area contributed by atoms with E-state index in [1.54, 1.807) is 17.0 Å². The minimum atomic E-state index is -4.78. The summed E-state index contributed by atoms with van der Waals surface area (Å²) in [4.78, 5) is 28.0. The Morgan fingerprint density at radius 2 is 1.74 bits per heavy atom. The molecule has 0 unspecified atom stereocenters. The van der Waals surface area contributed by atoms with Gasteiger partial charge >= 0.3 is 6.18 Å². The molecule has 1 aliphatic heterocycles. The fourth-order valence-electron chi connectivity index (χ4n) is 4.27. The van der Waals surface area contributed by atoms with Crippen LogP contribution in [0.25, 0.3) is 0 Å². The van der Waals surface area contributed by atoms with Gasteiger partial charge in [-0.2, -0.15) is 13.2 Å². The van der Waals surface area contributed by atoms with E-state index in [1.807, 2.05) is 13.8 Å². The van der Waals surface area contributed by atoms with E-state index in [-0.39, 0.29) is 23.7 Å². The van der Waals surface area contributed by atoms with Crippen molar-refractivity contribution in [3.63, 3.8) is 0 Å². The van der Waals surface area contributed by atoms with Gasteiger partial charge in [-0.05, 0) is 49.7 Å². The van der Waals surface area contributed by atoms with Gasteiger partial charge in [-0.3, -0.25) is 19.2 Å². The van der Waals surface area contributed by atoms with Gasteiger partial charge in [-0.1, -0.05) is 12.1 Å². The lowest BCUT2D eigenvalue weighted by Crippen LogP contribution is -2.58. The molecule has 1 fully saturated rings. The Hall–Kier alpha value is -3.23. The smallest absolute Gasteiger partial charge is 0.416 e. The summed E-state index contributed by atoms with van der Waals surface area (Å²) in [5.41, 5.74) is -0.639. The van der Waals surface area contributed by atoms with Crippen molar-refractivity contribution in [1.29, 1.82) is 0 Å². The highest BCUT2D eigenvalue weighted by atomic mass is 32.2. The van der Waals surface area contributed by atoms with Crippen LogP contribution in [0.5, 0.6) is 5.75 Å². The fourth-order valence-corrected chi connectivity index (χ4v) is 5.39. The first-order valence-corrected chi connectivity index (χ1v) is 13.6. The van der Waals surface area contributed by atoms with Crippen LogP contribution in [0.15, 0.2) is 42.5 Å². The molecule has 0 radical (unpaired) electrons. The number of aliphatic hydroxyl groups excluding tert-OH is 1. The molecule has 14 heteroatoms. The molecule has 0 aliphatic carbocycles. The molecule has 9 nitrogen and oxygen atoms in total. The second kappa shape index (κ2) is 12.3. The minimum absolute atomic E-state index is 0.0582. The molecular weight excluding hydrogens is 546 g/mol. The molecule has 0 spiro atoms. The average molecular weight is 576 g/mol. The monoisotopic (exact) mass is 575 g/mol. The Morgan fingerprint density at radius 3 is 2.36 bits per heavy atom. The van der Waals surface area contributed by atoms with Crippen LogP contribution >= 0.6 is 0 Å². The van der Waals surface area contributed by atoms with Crippen LogP contribution in [-0.2, 0) is 38.1 Å². The number of nitrogens with one attached hydrogen (secondary N) is 1. The van der Waals surface area contributed by atoms with E-state index in [0.717, 1.165) is 11.6 Å². The average Bonchev–Trinajstić information content (AvgIpc) is 2.85. The van der Waals surface area contributed by atoms with E-state index in [2.05, 4.69) is 4.90 Å². The lowest BCUT2D eigenvalue weighted by atomic mass is 10.1. The molecule has 2 amide bonds. The third-order valence-corrected chi connectivity index (χ3v) is 7.46. The number of carbonyl (C=O) groups excluding carboxylic acids is 2. The first-order chi connectivity index (χ1) is 18.2. The Bertz CT molecular complexity index is 1290. The molecule has 0 aromatic heterocycles. The Morgan fingerprint density at radius 1 is 1.08 bits per heavy atom. The summed E-state index contributed by atoms with van der Waals surface area (Å²) in [6.45, 7) is 3.48. The van der Waals surface area contributed by atoms with Gasteiger partial charge in [0.1, 0.15) is 18.2 Å². The number of alkyl halides is 3. The Labute approximate surface area is 223 Å². The number of sulfonamides is 1. The molecule has 214 valence electrons. The van der Waals surface area contributed by atoms with Crippen LogP contribution in [0, 0.1) is 5.82 Å². The number of benzene rings is 2. The van der Waals surface area contributed by atoms with Crippen molar-refractivity contribution in [3.8, 4) is 5.75 Å². The number of ether oxygens (including phenoxy) is 1. The molecule has 0 saturated carbocycles. The van der Waals surface area contributed by atoms with Crippen molar-refractivity contribution in [2.45, 2.75) is 44.4 Å². The molecule has 1 heterocycles. The van der Waals surface area contributed by atoms with Crippen LogP contribution in [0.4, 0.5) is 17.6 Å². The zero-order chi connectivity index (χ0) is 29.0. The number of nitrogens with zero attached hydrogens (tertiary/aromatic N) is 2. The summed E-state index contributed by atoms with van der Waals surface area (Å²) in [6, 6.07) is 8.02. The molecular formula is C25H29F4N3O6S. The molecule has 1 saturated heterocycles. The summed E-state index contributed by atoms with van der Waals surface area (Å²) in [6.07, 6.45) is -4.78. The largest absolute Gasteiger partial charge is 0.483 e. The summed E-state index contributed by atoms with van der Waals surface area (Å²) >= 11 is 0. The zero-order valence-electron chi connectivity index (χ0n) is 21.2. The van der Waals surface area contributed by atoms with E-state index < -0.39 is 58.1 Å². The highest BCUT2D eigenvalue weighted by Crippen LogP contribution is 2.33. The lowest BCUT2D eigenvalue weighted by molar-refractivity contribution is -0.140. The quantitative estimate of drug-likeness (QED) is 0.441. The molecule has 0 bridgehead atoms. The van der Waals surface area contributed by atoms with Crippen molar-refractivity contribution in [2.24, 2.45) is 0 Å². The van der Waals surface area contributed by atoms with Crippen LogP contribution in [0.2, 0.25) is 0 Å². The summed E-state index contributed by atoms with van der Waals surface area (Å²) in [5.74, 6) is -3.35.